The number of carbonyl (C=O) groups is 2. The first-order valence-corrected chi connectivity index (χ1v) is 14.9. The van der Waals surface area contributed by atoms with E-state index in [0.29, 0.717) is 38.5 Å². The van der Waals surface area contributed by atoms with E-state index in [1.165, 1.54) is 0 Å². The highest BCUT2D eigenvalue weighted by Crippen LogP contribution is 2.40. The van der Waals surface area contributed by atoms with Gasteiger partial charge in [0.1, 0.15) is 5.75 Å². The van der Waals surface area contributed by atoms with E-state index in [0.717, 1.165) is 84.0 Å². The molecule has 3 aromatic rings. The van der Waals surface area contributed by atoms with Crippen LogP contribution < -0.4 is 9.64 Å². The second-order valence-corrected chi connectivity index (χ2v) is 11.6. The minimum absolute atomic E-state index is 0.0309. The van der Waals surface area contributed by atoms with Crippen LogP contribution in [-0.2, 0) is 31.2 Å². The highest BCUT2D eigenvalue weighted by molar-refractivity contribution is 6.06. The largest absolute Gasteiger partial charge is 0.493 e. The zero-order valence-corrected chi connectivity index (χ0v) is 24.4. The van der Waals surface area contributed by atoms with E-state index in [1.807, 2.05) is 45.7 Å². The molecule has 0 bridgehead atoms. The van der Waals surface area contributed by atoms with Gasteiger partial charge in [0, 0.05) is 64.1 Å². The highest BCUT2D eigenvalue weighted by Gasteiger charge is 2.33. The number of anilines is 1. The number of aliphatic hydroxyl groups excluding tert-OH is 1. The molecule has 3 aliphatic rings. The van der Waals surface area contributed by atoms with E-state index in [1.54, 1.807) is 0 Å². The lowest BCUT2D eigenvalue weighted by atomic mass is 9.94. The molecule has 1 fully saturated rings. The van der Waals surface area contributed by atoms with E-state index in [4.69, 9.17) is 9.72 Å². The van der Waals surface area contributed by atoms with Crippen LogP contribution in [-0.4, -0.2) is 93.4 Å². The van der Waals surface area contributed by atoms with Gasteiger partial charge in [-0.2, -0.15) is 0 Å². The van der Waals surface area contributed by atoms with Crippen LogP contribution in [0.1, 0.15) is 46.0 Å². The van der Waals surface area contributed by atoms with Gasteiger partial charge in [-0.1, -0.05) is 24.3 Å². The van der Waals surface area contributed by atoms with Gasteiger partial charge < -0.3 is 29.3 Å². The molecular formula is C32H39N5O5. The number of aliphatic hydroxyl groups is 1. The van der Waals surface area contributed by atoms with E-state index < -0.39 is 5.97 Å². The molecule has 0 radical (unpaired) electrons. The summed E-state index contributed by atoms with van der Waals surface area (Å²) in [5, 5.41) is 18.9. The smallest absolute Gasteiger partial charge is 0.317 e. The number of aromatic nitrogens is 2. The molecule has 222 valence electrons. The van der Waals surface area contributed by atoms with Gasteiger partial charge in [0.25, 0.3) is 5.91 Å². The summed E-state index contributed by atoms with van der Waals surface area (Å²) < 4.78 is 8.09. The summed E-state index contributed by atoms with van der Waals surface area (Å²) in [6, 6.07) is 12.3. The third-order valence-corrected chi connectivity index (χ3v) is 8.86. The Labute approximate surface area is 246 Å². The molecule has 10 nitrogen and oxygen atoms in total. The number of rotatable bonds is 9. The molecule has 10 heteroatoms. The van der Waals surface area contributed by atoms with Gasteiger partial charge >= 0.3 is 5.97 Å². The summed E-state index contributed by atoms with van der Waals surface area (Å²) in [6.45, 7) is 6.94. The zero-order chi connectivity index (χ0) is 29.4. The first kappa shape index (κ1) is 28.4. The highest BCUT2D eigenvalue weighted by atomic mass is 16.5. The number of β-amino-alcohol motifs (C(OH)–C–C–N with tert-alkyl or cyclic N) is 1. The maximum absolute atomic E-state index is 13.8. The molecule has 1 unspecified atom stereocenters. The van der Waals surface area contributed by atoms with E-state index >= 15 is 0 Å². The number of ether oxygens (including phenoxy) is 1. The number of carboxylic acids is 1. The number of likely N-dealkylation sites (tertiary alicyclic amines) is 1. The Balaban J connectivity index is 1.18. The number of carboxylic acid groups (broad SMARTS) is 1. The Hall–Kier alpha value is -3.73. The molecule has 0 saturated carbocycles. The summed E-state index contributed by atoms with van der Waals surface area (Å²) in [5.74, 6) is 0.270. The van der Waals surface area contributed by atoms with Gasteiger partial charge in [0.2, 0.25) is 0 Å². The van der Waals surface area contributed by atoms with Crippen molar-refractivity contribution in [3.05, 3.63) is 64.7 Å². The van der Waals surface area contributed by atoms with Crippen LogP contribution >= 0.6 is 0 Å². The van der Waals surface area contributed by atoms with Crippen LogP contribution in [0.3, 0.4) is 0 Å². The maximum atomic E-state index is 13.8. The van der Waals surface area contributed by atoms with Crippen LogP contribution in [0.4, 0.5) is 5.69 Å². The van der Waals surface area contributed by atoms with Gasteiger partial charge in [-0.3, -0.25) is 14.5 Å². The number of hydrogen-bond acceptors (Lipinski definition) is 7. The summed E-state index contributed by atoms with van der Waals surface area (Å²) in [7, 11) is 1.88. The lowest BCUT2D eigenvalue weighted by Crippen LogP contribution is -2.35. The predicted molar refractivity (Wildman–Crippen MR) is 159 cm³/mol. The molecule has 4 heterocycles. The molecule has 6 rings (SSSR count). The van der Waals surface area contributed by atoms with Gasteiger partial charge in [-0.25, -0.2) is 4.98 Å². The molecule has 0 spiro atoms. The quantitative estimate of drug-likeness (QED) is 0.376. The molecule has 1 atom stereocenters. The van der Waals surface area contributed by atoms with Crippen molar-refractivity contribution >= 4 is 17.6 Å². The Kier molecular flexibility index (Phi) is 8.02. The summed E-state index contributed by atoms with van der Waals surface area (Å²) >= 11 is 0. The van der Waals surface area contributed by atoms with Crippen molar-refractivity contribution in [3.8, 4) is 16.9 Å². The Morgan fingerprint density at radius 2 is 1.86 bits per heavy atom. The first-order chi connectivity index (χ1) is 20.3. The molecule has 3 aliphatic heterocycles. The normalized spacial score (nSPS) is 18.7. The minimum atomic E-state index is -0.860. The minimum Gasteiger partial charge on any atom is -0.493 e. The molecule has 2 N–H and O–H groups in total. The van der Waals surface area contributed by atoms with Crippen LogP contribution in [0.5, 0.6) is 5.75 Å². The first-order valence-electron chi connectivity index (χ1n) is 14.9. The second-order valence-electron chi connectivity index (χ2n) is 11.6. The van der Waals surface area contributed by atoms with Crippen LogP contribution in [0.15, 0.2) is 36.4 Å². The number of carbonyl (C=O) groups excluding carboxylic acids is 1. The number of fused-ring (bicyclic) bond motifs is 2. The van der Waals surface area contributed by atoms with Crippen molar-refractivity contribution in [2.45, 2.75) is 45.3 Å². The number of imidazole rings is 1. The van der Waals surface area contributed by atoms with Gasteiger partial charge in [0.05, 0.1) is 24.9 Å². The van der Waals surface area contributed by atoms with Gasteiger partial charge in [0.15, 0.2) is 5.82 Å². The average Bonchev–Trinajstić information content (AvgIpc) is 3.68. The maximum Gasteiger partial charge on any atom is 0.317 e. The topological polar surface area (TPSA) is 111 Å². The Morgan fingerprint density at radius 1 is 1.05 bits per heavy atom. The lowest BCUT2D eigenvalue weighted by Gasteiger charge is -2.24. The summed E-state index contributed by atoms with van der Waals surface area (Å²) in [4.78, 5) is 35.7. The SMILES string of the molecule is Cc1c(OCCCN2CCC(O)C2)cccc1-c1cccc2c1CCN2C(=O)c1nc2c(n1C)CCN(CC(=O)O)C2. The van der Waals surface area contributed by atoms with Crippen molar-refractivity contribution in [1.29, 1.82) is 0 Å². The van der Waals surface area contributed by atoms with Crippen molar-refractivity contribution in [2.75, 3.05) is 50.8 Å². The number of benzene rings is 2. The number of amides is 1. The fraction of sp³-hybridized carbons (Fsp3) is 0.469. The average molecular weight is 574 g/mol. The van der Waals surface area contributed by atoms with E-state index in [2.05, 4.69) is 24.0 Å². The molecule has 1 amide bonds. The van der Waals surface area contributed by atoms with Crippen molar-refractivity contribution in [2.24, 2.45) is 7.05 Å². The fourth-order valence-electron chi connectivity index (χ4n) is 6.67. The molecule has 2 aromatic carbocycles. The molecule has 1 saturated heterocycles. The summed E-state index contributed by atoms with van der Waals surface area (Å²) in [5.41, 5.74) is 7.13. The Bertz CT molecular complexity index is 1500. The van der Waals surface area contributed by atoms with E-state index in [-0.39, 0.29) is 18.6 Å². The third kappa shape index (κ3) is 5.54. The second kappa shape index (κ2) is 11.9. The third-order valence-electron chi connectivity index (χ3n) is 8.86. The van der Waals surface area contributed by atoms with Crippen molar-refractivity contribution in [3.63, 3.8) is 0 Å². The predicted octanol–water partition coefficient (Wildman–Crippen LogP) is 2.88. The number of hydrogen-bond donors (Lipinski definition) is 2. The molecule has 1 aromatic heterocycles. The monoisotopic (exact) mass is 573 g/mol. The summed E-state index contributed by atoms with van der Waals surface area (Å²) in [6.07, 6.45) is 2.97. The van der Waals surface area contributed by atoms with Crippen molar-refractivity contribution in [1.82, 2.24) is 19.4 Å². The van der Waals surface area contributed by atoms with Gasteiger partial charge in [-0.15, -0.1) is 0 Å². The van der Waals surface area contributed by atoms with Gasteiger partial charge in [-0.05, 0) is 60.6 Å². The number of aliphatic carboxylic acids is 1. The van der Waals surface area contributed by atoms with E-state index in [9.17, 15) is 19.8 Å². The Morgan fingerprint density at radius 3 is 2.64 bits per heavy atom. The molecule has 42 heavy (non-hydrogen) atoms. The van der Waals surface area contributed by atoms with Crippen molar-refractivity contribution < 1.29 is 24.5 Å². The zero-order valence-electron chi connectivity index (χ0n) is 24.4. The van der Waals surface area contributed by atoms with Crippen LogP contribution in [0.25, 0.3) is 11.1 Å². The molecule has 0 aliphatic carbocycles. The van der Waals surface area contributed by atoms with Crippen LogP contribution in [0.2, 0.25) is 0 Å². The molecular weight excluding hydrogens is 534 g/mol. The number of nitrogens with zero attached hydrogens (tertiary/aromatic N) is 5. The van der Waals surface area contributed by atoms with Crippen LogP contribution in [0, 0.1) is 6.92 Å². The standard InChI is InChI=1S/C32H39N5O5/c1-21-23(6-4-9-29(21)42-17-5-13-35-14-10-22(38)18-35)24-7-3-8-27-25(24)11-16-37(27)32(41)31-33-26-19-36(20-30(39)40)15-12-28(26)34(31)2/h3-4,6-9,22,38H,5,10-20H2,1-2H3,(H,39,40). The fourth-order valence-corrected chi connectivity index (χ4v) is 6.67. The lowest BCUT2D eigenvalue weighted by molar-refractivity contribution is -0.138.